The Labute approximate surface area is 208 Å². The van der Waals surface area contributed by atoms with Crippen molar-refractivity contribution in [2.45, 2.75) is 52.5 Å². The first kappa shape index (κ1) is 24.2. The van der Waals surface area contributed by atoms with Gasteiger partial charge >= 0.3 is 0 Å². The number of benzene rings is 2. The zero-order valence-corrected chi connectivity index (χ0v) is 21.7. The summed E-state index contributed by atoms with van der Waals surface area (Å²) in [5.74, 6) is 2.29. The lowest BCUT2D eigenvalue weighted by Gasteiger charge is -2.30. The molecular weight excluding hydrogens is 440 g/mol. The lowest BCUT2D eigenvalue weighted by molar-refractivity contribution is 0.336. The maximum absolute atomic E-state index is 5.58. The van der Waals surface area contributed by atoms with E-state index in [0.29, 0.717) is 17.1 Å². The van der Waals surface area contributed by atoms with Gasteiger partial charge in [-0.1, -0.05) is 29.8 Å². The molecule has 1 heterocycles. The smallest absolute Gasteiger partial charge is 0.225 e. The van der Waals surface area contributed by atoms with E-state index >= 15 is 0 Å². The van der Waals surface area contributed by atoms with Gasteiger partial charge in [0.2, 0.25) is 5.95 Å². The second-order valence-electron chi connectivity index (χ2n) is 9.75. The molecule has 0 aliphatic heterocycles. The Morgan fingerprint density at radius 2 is 1.68 bits per heavy atom. The highest BCUT2D eigenvalue weighted by molar-refractivity contribution is 7.80. The molecule has 0 atom stereocenters. The Kier molecular flexibility index (Phi) is 7.51. The fraction of sp³-hybridized carbons (Fsp3) is 0.444. The molecule has 3 N–H and O–H groups in total. The summed E-state index contributed by atoms with van der Waals surface area (Å²) in [6, 6.07) is 13.0. The molecule has 34 heavy (non-hydrogen) atoms. The molecule has 7 heteroatoms. The van der Waals surface area contributed by atoms with Gasteiger partial charge in [0.15, 0.2) is 5.11 Å². The first-order valence-corrected chi connectivity index (χ1v) is 12.5. The van der Waals surface area contributed by atoms with Crippen molar-refractivity contribution in [3.63, 3.8) is 0 Å². The third kappa shape index (κ3) is 5.76. The number of aromatic nitrogens is 2. The average Bonchev–Trinajstić information content (AvgIpc) is 2.80. The standard InChI is InChI=1S/C27H36N6S/c1-17-14-18(2)24(19(3)15-17)31-27(34)28-16-20-10-12-21(13-11-20)29-26-30-23-9-7-6-8-22(23)25(32-26)33(4)5/h6-9,14-15,20-21H,10-13,16H2,1-5H3,(H2,28,31,34)(H,29,30,32). The maximum Gasteiger partial charge on any atom is 0.225 e. The molecule has 4 rings (SSSR count). The zero-order chi connectivity index (χ0) is 24.2. The van der Waals surface area contributed by atoms with Crippen molar-refractivity contribution in [2.75, 3.05) is 36.2 Å². The minimum absolute atomic E-state index is 0.398. The van der Waals surface area contributed by atoms with E-state index < -0.39 is 0 Å². The number of hydrogen-bond donors (Lipinski definition) is 3. The van der Waals surface area contributed by atoms with Crippen LogP contribution in [0.5, 0.6) is 0 Å². The van der Waals surface area contributed by atoms with Crippen LogP contribution < -0.4 is 20.9 Å². The molecule has 1 aromatic heterocycles. The minimum Gasteiger partial charge on any atom is -0.362 e. The topological polar surface area (TPSA) is 65.1 Å². The van der Waals surface area contributed by atoms with Crippen LogP contribution in [0, 0.1) is 26.7 Å². The molecule has 1 saturated carbocycles. The molecule has 0 bridgehead atoms. The van der Waals surface area contributed by atoms with E-state index in [2.05, 4.69) is 54.9 Å². The van der Waals surface area contributed by atoms with Crippen LogP contribution in [0.3, 0.4) is 0 Å². The molecule has 180 valence electrons. The Hall–Kier alpha value is -2.93. The van der Waals surface area contributed by atoms with Gasteiger partial charge < -0.3 is 20.9 Å². The second kappa shape index (κ2) is 10.6. The summed E-state index contributed by atoms with van der Waals surface area (Å²) in [6.45, 7) is 7.28. The predicted molar refractivity (Wildman–Crippen MR) is 148 cm³/mol. The summed E-state index contributed by atoms with van der Waals surface area (Å²) in [5, 5.41) is 12.2. The van der Waals surface area contributed by atoms with Crippen LogP contribution in [0.1, 0.15) is 42.4 Å². The lowest BCUT2D eigenvalue weighted by atomic mass is 9.86. The third-order valence-electron chi connectivity index (χ3n) is 6.65. The van der Waals surface area contributed by atoms with Crippen LogP contribution in [-0.2, 0) is 0 Å². The van der Waals surface area contributed by atoms with Gasteiger partial charge in [0, 0.05) is 37.8 Å². The van der Waals surface area contributed by atoms with Crippen molar-refractivity contribution in [3.05, 3.63) is 53.1 Å². The number of rotatable bonds is 6. The lowest BCUT2D eigenvalue weighted by Crippen LogP contribution is -2.36. The van der Waals surface area contributed by atoms with E-state index in [0.717, 1.165) is 60.6 Å². The molecule has 0 spiro atoms. The third-order valence-corrected chi connectivity index (χ3v) is 6.90. The molecule has 6 nitrogen and oxygen atoms in total. The highest BCUT2D eigenvalue weighted by atomic mass is 32.1. The van der Waals surface area contributed by atoms with Gasteiger partial charge in [-0.15, -0.1) is 0 Å². The number of fused-ring (bicyclic) bond motifs is 1. The fourth-order valence-electron chi connectivity index (χ4n) is 4.93. The van der Waals surface area contributed by atoms with Crippen molar-refractivity contribution in [1.82, 2.24) is 15.3 Å². The van der Waals surface area contributed by atoms with E-state index in [1.54, 1.807) is 0 Å². The highest BCUT2D eigenvalue weighted by Gasteiger charge is 2.22. The Bertz CT molecular complexity index is 1140. The van der Waals surface area contributed by atoms with Crippen molar-refractivity contribution in [2.24, 2.45) is 5.92 Å². The van der Waals surface area contributed by atoms with Gasteiger partial charge in [-0.3, -0.25) is 0 Å². The molecule has 1 aliphatic carbocycles. The summed E-state index contributed by atoms with van der Waals surface area (Å²) < 4.78 is 0. The highest BCUT2D eigenvalue weighted by Crippen LogP contribution is 2.28. The van der Waals surface area contributed by atoms with Crippen molar-refractivity contribution < 1.29 is 0 Å². The number of aryl methyl sites for hydroxylation is 3. The second-order valence-corrected chi connectivity index (χ2v) is 10.2. The van der Waals surface area contributed by atoms with E-state index in [-0.39, 0.29) is 0 Å². The van der Waals surface area contributed by atoms with Crippen LogP contribution in [0.15, 0.2) is 36.4 Å². The van der Waals surface area contributed by atoms with Crippen LogP contribution in [0.25, 0.3) is 10.9 Å². The first-order valence-electron chi connectivity index (χ1n) is 12.1. The van der Waals surface area contributed by atoms with Crippen LogP contribution >= 0.6 is 12.2 Å². The maximum atomic E-state index is 5.58. The summed E-state index contributed by atoms with van der Waals surface area (Å²) >= 11 is 5.58. The summed E-state index contributed by atoms with van der Waals surface area (Å²) in [7, 11) is 4.05. The Morgan fingerprint density at radius 3 is 2.35 bits per heavy atom. The van der Waals surface area contributed by atoms with Crippen LogP contribution in [0.2, 0.25) is 0 Å². The molecule has 0 radical (unpaired) electrons. The van der Waals surface area contributed by atoms with Gasteiger partial charge in [-0.25, -0.2) is 4.98 Å². The van der Waals surface area contributed by atoms with Crippen molar-refractivity contribution in [1.29, 1.82) is 0 Å². The van der Waals surface area contributed by atoms with Gasteiger partial charge in [-0.2, -0.15) is 4.98 Å². The van der Waals surface area contributed by atoms with Gasteiger partial charge in [0.1, 0.15) is 5.82 Å². The minimum atomic E-state index is 0.398. The van der Waals surface area contributed by atoms with Crippen molar-refractivity contribution >= 4 is 45.7 Å². The van der Waals surface area contributed by atoms with E-state index in [1.807, 2.05) is 37.2 Å². The monoisotopic (exact) mass is 476 g/mol. The van der Waals surface area contributed by atoms with Crippen LogP contribution in [-0.4, -0.2) is 41.8 Å². The van der Waals surface area contributed by atoms with Crippen LogP contribution in [0.4, 0.5) is 17.5 Å². The van der Waals surface area contributed by atoms with Gasteiger partial charge in [-0.05, 0) is 87.8 Å². The van der Waals surface area contributed by atoms with Crippen molar-refractivity contribution in [3.8, 4) is 0 Å². The summed E-state index contributed by atoms with van der Waals surface area (Å²) in [6.07, 6.45) is 4.53. The average molecular weight is 477 g/mol. The molecule has 1 aliphatic rings. The van der Waals surface area contributed by atoms with E-state index in [4.69, 9.17) is 22.2 Å². The Morgan fingerprint density at radius 1 is 1.00 bits per heavy atom. The first-order chi connectivity index (χ1) is 16.3. The predicted octanol–water partition coefficient (Wildman–Crippen LogP) is 5.58. The zero-order valence-electron chi connectivity index (χ0n) is 20.9. The molecular formula is C27H36N6S. The molecule has 0 amide bonds. The molecule has 3 aromatic rings. The summed E-state index contributed by atoms with van der Waals surface area (Å²) in [5.41, 5.74) is 5.81. The van der Waals surface area contributed by atoms with Gasteiger partial charge in [0.25, 0.3) is 0 Å². The number of hydrogen-bond acceptors (Lipinski definition) is 5. The van der Waals surface area contributed by atoms with E-state index in [1.165, 1.54) is 16.7 Å². The van der Waals surface area contributed by atoms with E-state index in [9.17, 15) is 0 Å². The quantitative estimate of drug-likeness (QED) is 0.402. The molecule has 0 unspecified atom stereocenters. The molecule has 0 saturated heterocycles. The number of anilines is 3. The number of thiocarbonyl (C=S) groups is 1. The number of para-hydroxylation sites is 1. The molecule has 1 fully saturated rings. The number of nitrogens with one attached hydrogen (secondary N) is 3. The Balaban J connectivity index is 1.28. The fourth-order valence-corrected chi connectivity index (χ4v) is 5.12. The largest absolute Gasteiger partial charge is 0.362 e. The summed E-state index contributed by atoms with van der Waals surface area (Å²) in [4.78, 5) is 11.6. The number of nitrogens with zero attached hydrogens (tertiary/aromatic N) is 3. The molecule has 2 aromatic carbocycles. The van der Waals surface area contributed by atoms with Gasteiger partial charge in [0.05, 0.1) is 5.52 Å². The SMILES string of the molecule is Cc1cc(C)c(NC(=S)NCC2CCC(Nc3nc(N(C)C)c4ccccc4n3)CC2)c(C)c1. The normalized spacial score (nSPS) is 17.9.